The van der Waals surface area contributed by atoms with Crippen molar-refractivity contribution >= 4 is 12.0 Å². The topological polar surface area (TPSA) is 37.3 Å². The van der Waals surface area contributed by atoms with Gasteiger partial charge in [-0.3, -0.25) is 0 Å². The molecule has 0 amide bonds. The summed E-state index contributed by atoms with van der Waals surface area (Å²) >= 11 is 0. The van der Waals surface area contributed by atoms with Crippen molar-refractivity contribution in [1.82, 2.24) is 0 Å². The van der Waals surface area contributed by atoms with Crippen LogP contribution in [0.1, 0.15) is 51.9 Å². The Balaban J connectivity index is 1.90. The Morgan fingerprint density at radius 3 is 2.78 bits per heavy atom. The van der Waals surface area contributed by atoms with Gasteiger partial charge < -0.3 is 5.11 Å². The molecule has 1 N–H and O–H groups in total. The lowest BCUT2D eigenvalue weighted by Crippen LogP contribution is -2.08. The van der Waals surface area contributed by atoms with Crippen molar-refractivity contribution in [1.29, 1.82) is 0 Å². The Morgan fingerprint density at radius 1 is 1.22 bits per heavy atom. The van der Waals surface area contributed by atoms with Gasteiger partial charge in [0.25, 0.3) is 0 Å². The van der Waals surface area contributed by atoms with Crippen molar-refractivity contribution in [3.63, 3.8) is 0 Å². The molecule has 0 bridgehead atoms. The molecule has 0 aromatic heterocycles. The predicted molar refractivity (Wildman–Crippen MR) is 89.3 cm³/mol. The predicted octanol–water partition coefficient (Wildman–Crippen LogP) is 4.83. The minimum absolute atomic E-state index is 0.0544. The zero-order chi connectivity index (χ0) is 16.4. The molecule has 0 saturated heterocycles. The lowest BCUT2D eigenvalue weighted by molar-refractivity contribution is 0.0695. The second-order valence-corrected chi connectivity index (χ2v) is 6.03. The van der Waals surface area contributed by atoms with Crippen LogP contribution in [0.25, 0.3) is 6.08 Å². The van der Waals surface area contributed by atoms with Gasteiger partial charge in [0.2, 0.25) is 0 Å². The molecule has 0 heterocycles. The maximum absolute atomic E-state index is 14.0. The SMILES string of the molecule is CC1CC=Cc2c(CCc3c(F)cccc3C(=O)O)cccc21. The fraction of sp³-hybridized carbons (Fsp3) is 0.250. The molecule has 1 aliphatic carbocycles. The van der Waals surface area contributed by atoms with E-state index in [2.05, 4.69) is 25.1 Å². The summed E-state index contributed by atoms with van der Waals surface area (Å²) in [6, 6.07) is 10.4. The van der Waals surface area contributed by atoms with Crippen LogP contribution in [0.2, 0.25) is 0 Å². The molecule has 0 saturated carbocycles. The molecule has 1 aliphatic rings. The smallest absolute Gasteiger partial charge is 0.336 e. The van der Waals surface area contributed by atoms with Crippen LogP contribution in [0.15, 0.2) is 42.5 Å². The minimum atomic E-state index is -1.08. The van der Waals surface area contributed by atoms with E-state index in [4.69, 9.17) is 0 Å². The zero-order valence-corrected chi connectivity index (χ0v) is 13.1. The van der Waals surface area contributed by atoms with E-state index < -0.39 is 11.8 Å². The van der Waals surface area contributed by atoms with Crippen molar-refractivity contribution in [3.8, 4) is 0 Å². The Bertz CT molecular complexity index is 777. The minimum Gasteiger partial charge on any atom is -0.478 e. The first kappa shape index (κ1) is 15.5. The molecule has 3 rings (SSSR count). The summed E-state index contributed by atoms with van der Waals surface area (Å²) < 4.78 is 14.0. The van der Waals surface area contributed by atoms with E-state index in [1.54, 1.807) is 0 Å². The quantitative estimate of drug-likeness (QED) is 0.878. The number of carboxylic acid groups (broad SMARTS) is 1. The van der Waals surface area contributed by atoms with Gasteiger partial charge in [0.1, 0.15) is 5.82 Å². The molecule has 0 aliphatic heterocycles. The highest BCUT2D eigenvalue weighted by molar-refractivity contribution is 5.89. The maximum atomic E-state index is 14.0. The highest BCUT2D eigenvalue weighted by atomic mass is 19.1. The average molecular weight is 310 g/mol. The van der Waals surface area contributed by atoms with E-state index in [1.165, 1.54) is 29.3 Å². The number of allylic oxidation sites excluding steroid dienone is 1. The third-order valence-corrected chi connectivity index (χ3v) is 4.53. The van der Waals surface area contributed by atoms with Crippen LogP contribution < -0.4 is 0 Å². The summed E-state index contributed by atoms with van der Waals surface area (Å²) in [5, 5.41) is 9.24. The molecule has 0 fully saturated rings. The third-order valence-electron chi connectivity index (χ3n) is 4.53. The standard InChI is InChI=1S/C20H19FO2/c1-13-5-2-8-16-14(6-3-7-15(13)16)11-12-17-18(20(22)23)9-4-10-19(17)21/h2-4,6-10,13H,5,11-12H2,1H3,(H,22,23). The molecular weight excluding hydrogens is 291 g/mol. The van der Waals surface area contributed by atoms with Crippen LogP contribution in [-0.2, 0) is 12.8 Å². The Kier molecular flexibility index (Phi) is 4.28. The van der Waals surface area contributed by atoms with Gasteiger partial charge in [-0.2, -0.15) is 0 Å². The second-order valence-electron chi connectivity index (χ2n) is 6.03. The molecule has 23 heavy (non-hydrogen) atoms. The zero-order valence-electron chi connectivity index (χ0n) is 13.1. The van der Waals surface area contributed by atoms with E-state index in [9.17, 15) is 14.3 Å². The lowest BCUT2D eigenvalue weighted by Gasteiger charge is -2.20. The first-order valence-corrected chi connectivity index (χ1v) is 7.87. The average Bonchev–Trinajstić information content (AvgIpc) is 2.54. The van der Waals surface area contributed by atoms with Crippen molar-refractivity contribution in [2.24, 2.45) is 0 Å². The summed E-state index contributed by atoms with van der Waals surface area (Å²) in [4.78, 5) is 11.3. The van der Waals surface area contributed by atoms with Crippen LogP contribution in [0, 0.1) is 5.82 Å². The first-order chi connectivity index (χ1) is 11.1. The summed E-state index contributed by atoms with van der Waals surface area (Å²) in [6.45, 7) is 2.20. The number of hydrogen-bond donors (Lipinski definition) is 1. The second kappa shape index (κ2) is 6.37. The van der Waals surface area contributed by atoms with Crippen molar-refractivity contribution < 1.29 is 14.3 Å². The largest absolute Gasteiger partial charge is 0.478 e. The molecule has 0 radical (unpaired) electrons. The van der Waals surface area contributed by atoms with Gasteiger partial charge in [0, 0.05) is 5.56 Å². The Labute approximate surface area is 135 Å². The number of fused-ring (bicyclic) bond motifs is 1. The van der Waals surface area contributed by atoms with E-state index in [1.807, 2.05) is 12.1 Å². The lowest BCUT2D eigenvalue weighted by atomic mass is 9.84. The number of benzene rings is 2. The third kappa shape index (κ3) is 3.04. The fourth-order valence-corrected chi connectivity index (χ4v) is 3.27. The van der Waals surface area contributed by atoms with Crippen LogP contribution >= 0.6 is 0 Å². The number of aryl methyl sites for hydroxylation is 1. The van der Waals surface area contributed by atoms with Gasteiger partial charge >= 0.3 is 5.97 Å². The molecule has 3 heteroatoms. The molecule has 118 valence electrons. The summed E-state index contributed by atoms with van der Waals surface area (Å²) in [6.07, 6.45) is 6.34. The van der Waals surface area contributed by atoms with Crippen molar-refractivity contribution in [2.45, 2.75) is 32.1 Å². The van der Waals surface area contributed by atoms with Crippen molar-refractivity contribution in [2.75, 3.05) is 0 Å². The van der Waals surface area contributed by atoms with E-state index in [-0.39, 0.29) is 11.1 Å². The molecule has 1 atom stereocenters. The molecular formula is C20H19FO2. The van der Waals surface area contributed by atoms with Crippen molar-refractivity contribution in [3.05, 3.63) is 76.1 Å². The maximum Gasteiger partial charge on any atom is 0.336 e. The number of aromatic carboxylic acids is 1. The Morgan fingerprint density at radius 2 is 2.00 bits per heavy atom. The summed E-state index contributed by atoms with van der Waals surface area (Å²) in [5.41, 5.74) is 4.01. The van der Waals surface area contributed by atoms with E-state index in [0.717, 1.165) is 12.0 Å². The molecule has 2 aromatic carbocycles. The van der Waals surface area contributed by atoms with Crippen LogP contribution in [0.5, 0.6) is 0 Å². The van der Waals surface area contributed by atoms with E-state index in [0.29, 0.717) is 18.8 Å². The molecule has 1 unspecified atom stereocenters. The van der Waals surface area contributed by atoms with Gasteiger partial charge in [-0.25, -0.2) is 9.18 Å². The monoisotopic (exact) mass is 310 g/mol. The summed E-state index contributed by atoms with van der Waals surface area (Å²) in [7, 11) is 0. The fourth-order valence-electron chi connectivity index (χ4n) is 3.27. The number of rotatable bonds is 4. The van der Waals surface area contributed by atoms with Crippen LogP contribution in [0.4, 0.5) is 4.39 Å². The number of hydrogen-bond acceptors (Lipinski definition) is 1. The van der Waals surface area contributed by atoms with Gasteiger partial charge in [0.05, 0.1) is 5.56 Å². The highest BCUT2D eigenvalue weighted by Crippen LogP contribution is 2.32. The van der Waals surface area contributed by atoms with Gasteiger partial charge in [-0.1, -0.05) is 43.3 Å². The normalized spacial score (nSPS) is 16.2. The molecule has 0 spiro atoms. The van der Waals surface area contributed by atoms with Crippen LogP contribution in [0.3, 0.4) is 0 Å². The first-order valence-electron chi connectivity index (χ1n) is 7.87. The molecule has 2 aromatic rings. The molecule has 2 nitrogen and oxygen atoms in total. The number of carbonyl (C=O) groups is 1. The summed E-state index contributed by atoms with van der Waals surface area (Å²) in [5.74, 6) is -1.04. The van der Waals surface area contributed by atoms with Gasteiger partial charge in [0.15, 0.2) is 0 Å². The Hall–Kier alpha value is -2.42. The number of carboxylic acids is 1. The van der Waals surface area contributed by atoms with Gasteiger partial charge in [-0.05, 0) is 54.0 Å². The van der Waals surface area contributed by atoms with E-state index >= 15 is 0 Å². The van der Waals surface area contributed by atoms with Crippen LogP contribution in [-0.4, -0.2) is 11.1 Å². The number of halogens is 1. The van der Waals surface area contributed by atoms with Gasteiger partial charge in [-0.15, -0.1) is 0 Å². The highest BCUT2D eigenvalue weighted by Gasteiger charge is 2.17.